The van der Waals surface area contributed by atoms with Crippen molar-refractivity contribution in [2.75, 3.05) is 19.4 Å². The lowest BCUT2D eigenvalue weighted by atomic mass is 10.1. The van der Waals surface area contributed by atoms with Gasteiger partial charge in [0.15, 0.2) is 0 Å². The Labute approximate surface area is 73.2 Å². The minimum atomic E-state index is -3.15. The van der Waals surface area contributed by atoms with Gasteiger partial charge in [-0.25, -0.2) is 13.5 Å². The molecular weight excluding hydrogens is 178 g/mol. The lowest BCUT2D eigenvalue weighted by Crippen LogP contribution is -2.44. The fraction of sp³-hybridized carbons (Fsp3) is 1.00. The topological polar surface area (TPSA) is 57.3 Å². The summed E-state index contributed by atoms with van der Waals surface area (Å²) in [5, 5.41) is 10.6. The third kappa shape index (κ3) is 2.18. The Morgan fingerprint density at radius 2 is 2.08 bits per heavy atom. The zero-order valence-electron chi connectivity index (χ0n) is 7.19. The second kappa shape index (κ2) is 3.72. The van der Waals surface area contributed by atoms with Crippen molar-refractivity contribution in [3.05, 3.63) is 0 Å². The molecule has 0 aromatic heterocycles. The number of sulfonamides is 1. The van der Waals surface area contributed by atoms with E-state index >= 15 is 0 Å². The standard InChI is InChI=1S/C7H14NO3S/c1-12(10,11)8-5-3-2-4-7(8)6-9/h7H,2-6H2,1H3. The second-order valence-corrected chi connectivity index (χ2v) is 5.13. The fourth-order valence-electron chi connectivity index (χ4n) is 1.58. The molecule has 1 heterocycles. The average Bonchev–Trinajstić information content (AvgIpc) is 2.03. The van der Waals surface area contributed by atoms with Crippen LogP contribution in [-0.4, -0.2) is 38.2 Å². The quantitative estimate of drug-likeness (QED) is 0.629. The molecule has 1 atom stereocenters. The molecule has 0 saturated carbocycles. The maximum Gasteiger partial charge on any atom is 0.211 e. The van der Waals surface area contributed by atoms with Gasteiger partial charge in [0, 0.05) is 6.54 Å². The van der Waals surface area contributed by atoms with Crippen LogP contribution in [0.1, 0.15) is 19.3 Å². The Bertz CT molecular complexity index is 237. The SMILES string of the molecule is CS(=O)(=O)N1CCCCC1C[O]. The minimum Gasteiger partial charge on any atom is -0.235 e. The Hall–Kier alpha value is -0.130. The molecule has 4 nitrogen and oxygen atoms in total. The van der Waals surface area contributed by atoms with Crippen LogP contribution < -0.4 is 0 Å². The van der Waals surface area contributed by atoms with Crippen molar-refractivity contribution < 1.29 is 13.5 Å². The van der Waals surface area contributed by atoms with Crippen LogP contribution in [0.5, 0.6) is 0 Å². The van der Waals surface area contributed by atoms with Crippen molar-refractivity contribution in [1.82, 2.24) is 4.31 Å². The normalized spacial score (nSPS) is 27.3. The van der Waals surface area contributed by atoms with Gasteiger partial charge in [-0.3, -0.25) is 0 Å². The van der Waals surface area contributed by atoms with Gasteiger partial charge < -0.3 is 0 Å². The molecule has 1 radical (unpaired) electrons. The summed E-state index contributed by atoms with van der Waals surface area (Å²) in [5.74, 6) is 0. The highest BCUT2D eigenvalue weighted by Gasteiger charge is 2.28. The maximum absolute atomic E-state index is 11.1. The first kappa shape index (κ1) is 9.95. The van der Waals surface area contributed by atoms with Gasteiger partial charge in [-0.15, -0.1) is 0 Å². The smallest absolute Gasteiger partial charge is 0.211 e. The van der Waals surface area contributed by atoms with E-state index in [1.165, 1.54) is 10.6 Å². The predicted molar refractivity (Wildman–Crippen MR) is 44.7 cm³/mol. The fourth-order valence-corrected chi connectivity index (χ4v) is 2.75. The van der Waals surface area contributed by atoms with Gasteiger partial charge in [-0.05, 0) is 12.8 Å². The third-order valence-electron chi connectivity index (χ3n) is 2.19. The zero-order chi connectivity index (χ0) is 9.19. The summed E-state index contributed by atoms with van der Waals surface area (Å²) in [6.45, 7) is 0.207. The van der Waals surface area contributed by atoms with Crippen LogP contribution >= 0.6 is 0 Å². The van der Waals surface area contributed by atoms with Gasteiger partial charge in [0.1, 0.15) is 0 Å². The Balaban J connectivity index is 2.72. The summed E-state index contributed by atoms with van der Waals surface area (Å²) in [6, 6.07) is -0.297. The number of hydrogen-bond donors (Lipinski definition) is 0. The number of rotatable bonds is 2. The first-order valence-electron chi connectivity index (χ1n) is 4.10. The zero-order valence-corrected chi connectivity index (χ0v) is 8.01. The molecule has 71 valence electrons. The molecule has 0 amide bonds. The number of nitrogens with zero attached hydrogens (tertiary/aromatic N) is 1. The summed E-state index contributed by atoms with van der Waals surface area (Å²) in [7, 11) is -3.15. The predicted octanol–water partition coefficient (Wildman–Crippen LogP) is 0.231. The van der Waals surface area contributed by atoms with Gasteiger partial charge >= 0.3 is 0 Å². The Morgan fingerprint density at radius 3 is 2.50 bits per heavy atom. The summed E-state index contributed by atoms with van der Waals surface area (Å²) in [4.78, 5) is 0. The van der Waals surface area contributed by atoms with E-state index in [1.54, 1.807) is 0 Å². The van der Waals surface area contributed by atoms with Crippen LogP contribution in [0.2, 0.25) is 0 Å². The van der Waals surface area contributed by atoms with Gasteiger partial charge in [-0.2, -0.15) is 4.31 Å². The molecule has 1 unspecified atom stereocenters. The van der Waals surface area contributed by atoms with Crippen LogP contribution in [0.3, 0.4) is 0 Å². The second-order valence-electron chi connectivity index (χ2n) is 3.19. The van der Waals surface area contributed by atoms with E-state index in [2.05, 4.69) is 0 Å². The van der Waals surface area contributed by atoms with E-state index in [0.717, 1.165) is 19.3 Å². The first-order valence-corrected chi connectivity index (χ1v) is 5.95. The Morgan fingerprint density at radius 1 is 1.42 bits per heavy atom. The van der Waals surface area contributed by atoms with Crippen LogP contribution in [-0.2, 0) is 15.1 Å². The van der Waals surface area contributed by atoms with E-state index in [-0.39, 0.29) is 12.6 Å². The van der Waals surface area contributed by atoms with Crippen molar-refractivity contribution >= 4 is 10.0 Å². The van der Waals surface area contributed by atoms with Gasteiger partial charge in [0.2, 0.25) is 10.0 Å². The molecule has 1 aliphatic heterocycles. The molecule has 1 aliphatic rings. The van der Waals surface area contributed by atoms with Crippen molar-refractivity contribution in [1.29, 1.82) is 0 Å². The van der Waals surface area contributed by atoms with Crippen LogP contribution in [0.25, 0.3) is 0 Å². The molecule has 12 heavy (non-hydrogen) atoms. The lowest BCUT2D eigenvalue weighted by molar-refractivity contribution is 0.104. The lowest BCUT2D eigenvalue weighted by Gasteiger charge is -2.31. The average molecular weight is 192 g/mol. The van der Waals surface area contributed by atoms with Gasteiger partial charge in [0.25, 0.3) is 0 Å². The highest BCUT2D eigenvalue weighted by atomic mass is 32.2. The molecular formula is C7H14NO3S. The van der Waals surface area contributed by atoms with E-state index < -0.39 is 10.0 Å². The van der Waals surface area contributed by atoms with E-state index in [1.807, 2.05) is 0 Å². The molecule has 5 heteroatoms. The maximum atomic E-state index is 11.1. The molecule has 1 rings (SSSR count). The van der Waals surface area contributed by atoms with Crippen LogP contribution in [0.4, 0.5) is 0 Å². The monoisotopic (exact) mass is 192 g/mol. The highest BCUT2D eigenvalue weighted by molar-refractivity contribution is 7.88. The van der Waals surface area contributed by atoms with Crippen LogP contribution in [0.15, 0.2) is 0 Å². The third-order valence-corrected chi connectivity index (χ3v) is 3.52. The number of piperidine rings is 1. The highest BCUT2D eigenvalue weighted by Crippen LogP contribution is 2.18. The molecule has 0 bridgehead atoms. The Kier molecular flexibility index (Phi) is 3.09. The summed E-state index contributed by atoms with van der Waals surface area (Å²) in [6.07, 6.45) is 3.74. The molecule has 1 fully saturated rings. The van der Waals surface area contributed by atoms with E-state index in [9.17, 15) is 13.5 Å². The molecule has 1 saturated heterocycles. The molecule has 0 aromatic rings. The molecule has 0 N–H and O–H groups in total. The summed E-state index contributed by atoms with van der Waals surface area (Å²) >= 11 is 0. The van der Waals surface area contributed by atoms with E-state index in [4.69, 9.17) is 0 Å². The van der Waals surface area contributed by atoms with Crippen molar-refractivity contribution in [2.24, 2.45) is 0 Å². The van der Waals surface area contributed by atoms with Gasteiger partial charge in [0.05, 0.1) is 18.9 Å². The van der Waals surface area contributed by atoms with Crippen molar-refractivity contribution in [3.8, 4) is 0 Å². The summed E-state index contributed by atoms with van der Waals surface area (Å²) < 4.78 is 23.6. The van der Waals surface area contributed by atoms with Crippen molar-refractivity contribution in [2.45, 2.75) is 25.3 Å². The molecule has 0 aliphatic carbocycles. The number of hydrogen-bond acceptors (Lipinski definition) is 2. The molecule has 0 spiro atoms. The minimum absolute atomic E-state index is 0.297. The first-order chi connectivity index (χ1) is 5.55. The van der Waals surface area contributed by atoms with Gasteiger partial charge in [-0.1, -0.05) is 6.42 Å². The largest absolute Gasteiger partial charge is 0.235 e. The molecule has 0 aromatic carbocycles. The summed E-state index contributed by atoms with van der Waals surface area (Å²) in [5.41, 5.74) is 0. The van der Waals surface area contributed by atoms with Crippen LogP contribution in [0, 0.1) is 0 Å². The van der Waals surface area contributed by atoms with E-state index in [0.29, 0.717) is 6.54 Å². The van der Waals surface area contributed by atoms with Crippen molar-refractivity contribution in [3.63, 3.8) is 0 Å².